The first-order valence-electron chi connectivity index (χ1n) is 10.3. The van der Waals surface area contributed by atoms with Crippen LogP contribution in [0.25, 0.3) is 0 Å². The number of thiazole rings is 1. The van der Waals surface area contributed by atoms with E-state index < -0.39 is 10.8 Å². The Balaban J connectivity index is 1.39. The molecule has 0 unspecified atom stereocenters. The zero-order valence-corrected chi connectivity index (χ0v) is 19.1. The van der Waals surface area contributed by atoms with Gasteiger partial charge >= 0.3 is 0 Å². The number of ether oxygens (including phenoxy) is 1. The van der Waals surface area contributed by atoms with Crippen LogP contribution in [0, 0.1) is 24.0 Å². The molecule has 0 bridgehead atoms. The number of aromatic nitrogens is 1. The number of nitro benzene ring substituents is 1. The first-order valence-corrected chi connectivity index (χ1v) is 11.2. The van der Waals surface area contributed by atoms with Gasteiger partial charge < -0.3 is 15.4 Å². The molecule has 1 heterocycles. The number of nitro groups is 1. The molecule has 172 valence electrons. The van der Waals surface area contributed by atoms with Gasteiger partial charge in [0.25, 0.3) is 17.5 Å². The minimum Gasteiger partial charge on any atom is -0.486 e. The summed E-state index contributed by atoms with van der Waals surface area (Å²) in [7, 11) is 0. The van der Waals surface area contributed by atoms with Crippen molar-refractivity contribution in [1.82, 2.24) is 15.6 Å². The third-order valence-electron chi connectivity index (χ3n) is 4.59. The average molecular weight is 469 g/mol. The van der Waals surface area contributed by atoms with Crippen molar-refractivity contribution in [3.05, 3.63) is 85.4 Å². The molecule has 33 heavy (non-hydrogen) atoms. The Morgan fingerprint density at radius 1 is 1.06 bits per heavy atom. The third-order valence-corrected chi connectivity index (χ3v) is 5.41. The molecular weight excluding hydrogens is 444 g/mol. The van der Waals surface area contributed by atoms with Gasteiger partial charge in [-0.1, -0.05) is 12.1 Å². The van der Waals surface area contributed by atoms with Crippen molar-refractivity contribution >= 4 is 28.8 Å². The molecule has 2 aromatic carbocycles. The second-order valence-corrected chi connectivity index (χ2v) is 8.35. The summed E-state index contributed by atoms with van der Waals surface area (Å²) in [6.07, 6.45) is 0.499. The predicted octanol–water partition coefficient (Wildman–Crippen LogP) is 3.80. The zero-order valence-electron chi connectivity index (χ0n) is 18.3. The maximum Gasteiger partial charge on any atom is 0.270 e. The van der Waals surface area contributed by atoms with Crippen LogP contribution in [0.2, 0.25) is 0 Å². The lowest BCUT2D eigenvalue weighted by atomic mass is 10.1. The number of non-ortho nitro benzene ring substituents is 1. The number of carbonyl (C=O) groups is 2. The number of nitrogens with one attached hydrogen (secondary N) is 2. The second-order valence-electron chi connectivity index (χ2n) is 7.41. The van der Waals surface area contributed by atoms with Crippen LogP contribution in [-0.4, -0.2) is 34.8 Å². The van der Waals surface area contributed by atoms with E-state index in [1.807, 2.05) is 26.0 Å². The summed E-state index contributed by atoms with van der Waals surface area (Å²) in [6, 6.07) is 11.5. The number of carbonyl (C=O) groups excluding carboxylic acids is 2. The first kappa shape index (κ1) is 23.9. The summed E-state index contributed by atoms with van der Waals surface area (Å²) in [5.41, 5.74) is 2.62. The lowest BCUT2D eigenvalue weighted by Gasteiger charge is -2.07. The molecule has 0 radical (unpaired) electrons. The van der Waals surface area contributed by atoms with Gasteiger partial charge in [-0.05, 0) is 49.6 Å². The summed E-state index contributed by atoms with van der Waals surface area (Å²) in [5, 5.41) is 18.6. The van der Waals surface area contributed by atoms with Crippen LogP contribution in [0.4, 0.5) is 5.69 Å². The number of rotatable bonds is 10. The van der Waals surface area contributed by atoms with Gasteiger partial charge in [0.1, 0.15) is 23.1 Å². The lowest BCUT2D eigenvalue weighted by Crippen LogP contribution is -2.30. The summed E-state index contributed by atoms with van der Waals surface area (Å²) >= 11 is 1.35. The van der Waals surface area contributed by atoms with Crippen molar-refractivity contribution in [3.63, 3.8) is 0 Å². The minimum atomic E-state index is -0.550. The molecule has 0 saturated carbocycles. The van der Waals surface area contributed by atoms with Gasteiger partial charge in [-0.3, -0.25) is 19.7 Å². The maximum absolute atomic E-state index is 12.3. The lowest BCUT2D eigenvalue weighted by molar-refractivity contribution is -0.384. The summed E-state index contributed by atoms with van der Waals surface area (Å²) in [4.78, 5) is 39.0. The van der Waals surface area contributed by atoms with E-state index in [4.69, 9.17) is 4.74 Å². The highest BCUT2D eigenvalue weighted by atomic mass is 32.1. The molecule has 3 rings (SSSR count). The molecule has 9 nitrogen and oxygen atoms in total. The van der Waals surface area contributed by atoms with E-state index >= 15 is 0 Å². The molecular formula is C23H24N4O5S. The van der Waals surface area contributed by atoms with Crippen LogP contribution in [0.3, 0.4) is 0 Å². The summed E-state index contributed by atoms with van der Waals surface area (Å²) in [5.74, 6) is 0.0627. The highest BCUT2D eigenvalue weighted by molar-refractivity contribution is 7.09. The molecule has 0 aliphatic carbocycles. The second kappa shape index (κ2) is 11.2. The van der Waals surface area contributed by atoms with Gasteiger partial charge in [0.15, 0.2) is 0 Å². The normalized spacial score (nSPS) is 10.5. The molecule has 0 spiro atoms. The summed E-state index contributed by atoms with van der Waals surface area (Å²) < 4.78 is 5.78. The Bertz CT molecular complexity index is 1140. The molecule has 10 heteroatoms. The standard InChI is InChI=1S/C23H24N4O5S/c1-15-9-16(2)11-19(10-15)32-13-21-26-20(14-33-21)23(29)25-8-4-7-24-22(28)17-5-3-6-18(12-17)27(30)31/h3,5-6,9-12,14H,4,7-8,13H2,1-2H3,(H,24,28)(H,25,29). The molecule has 0 aliphatic heterocycles. The van der Waals surface area contributed by atoms with E-state index in [1.54, 1.807) is 5.38 Å². The highest BCUT2D eigenvalue weighted by Crippen LogP contribution is 2.19. The molecule has 3 aromatic rings. The van der Waals surface area contributed by atoms with E-state index in [1.165, 1.54) is 35.6 Å². The fraction of sp³-hybridized carbons (Fsp3) is 0.261. The minimum absolute atomic E-state index is 0.142. The zero-order chi connectivity index (χ0) is 23.8. The van der Waals surface area contributed by atoms with Crippen molar-refractivity contribution in [2.75, 3.05) is 13.1 Å². The van der Waals surface area contributed by atoms with Gasteiger partial charge in [-0.25, -0.2) is 4.98 Å². The Morgan fingerprint density at radius 2 is 1.76 bits per heavy atom. The average Bonchev–Trinajstić information content (AvgIpc) is 3.26. The van der Waals surface area contributed by atoms with E-state index in [0.717, 1.165) is 16.9 Å². The van der Waals surface area contributed by atoms with Crippen LogP contribution < -0.4 is 15.4 Å². The van der Waals surface area contributed by atoms with Gasteiger partial charge in [0, 0.05) is 36.2 Å². The van der Waals surface area contributed by atoms with Crippen LogP contribution in [0.1, 0.15) is 43.4 Å². The predicted molar refractivity (Wildman–Crippen MR) is 125 cm³/mol. The van der Waals surface area contributed by atoms with Crippen molar-refractivity contribution in [2.24, 2.45) is 0 Å². The topological polar surface area (TPSA) is 123 Å². The number of hydrogen-bond donors (Lipinski definition) is 2. The molecule has 2 amide bonds. The van der Waals surface area contributed by atoms with Crippen molar-refractivity contribution in [3.8, 4) is 5.75 Å². The van der Waals surface area contributed by atoms with Gasteiger partial charge in [0.05, 0.1) is 4.92 Å². The number of hydrogen-bond acceptors (Lipinski definition) is 7. The number of nitrogens with zero attached hydrogens (tertiary/aromatic N) is 2. The number of amides is 2. The number of aryl methyl sites for hydroxylation is 2. The highest BCUT2D eigenvalue weighted by Gasteiger charge is 2.12. The first-order chi connectivity index (χ1) is 15.8. The Labute approximate surface area is 195 Å². The largest absolute Gasteiger partial charge is 0.486 e. The fourth-order valence-corrected chi connectivity index (χ4v) is 3.77. The Morgan fingerprint density at radius 3 is 2.45 bits per heavy atom. The van der Waals surface area contributed by atoms with Crippen molar-refractivity contribution in [2.45, 2.75) is 26.9 Å². The molecule has 0 atom stereocenters. The molecule has 0 fully saturated rings. The van der Waals surface area contributed by atoms with Crippen LogP contribution in [0.5, 0.6) is 5.75 Å². The smallest absolute Gasteiger partial charge is 0.270 e. The van der Waals surface area contributed by atoms with Gasteiger partial charge in [-0.15, -0.1) is 11.3 Å². The van der Waals surface area contributed by atoms with Gasteiger partial charge in [-0.2, -0.15) is 0 Å². The third kappa shape index (κ3) is 7.11. The molecule has 1 aromatic heterocycles. The molecule has 2 N–H and O–H groups in total. The molecule has 0 saturated heterocycles. The van der Waals surface area contributed by atoms with E-state index in [2.05, 4.69) is 21.7 Å². The Hall–Kier alpha value is -3.79. The van der Waals surface area contributed by atoms with Gasteiger partial charge in [0.2, 0.25) is 0 Å². The van der Waals surface area contributed by atoms with E-state index in [-0.39, 0.29) is 23.8 Å². The quantitative estimate of drug-likeness (QED) is 0.265. The number of benzene rings is 2. The fourth-order valence-electron chi connectivity index (χ4n) is 3.09. The van der Waals surface area contributed by atoms with Crippen molar-refractivity contribution in [1.29, 1.82) is 0 Å². The van der Waals surface area contributed by atoms with E-state index in [9.17, 15) is 19.7 Å². The Kier molecular flexibility index (Phi) is 8.09. The maximum atomic E-state index is 12.3. The van der Waals surface area contributed by atoms with Crippen molar-refractivity contribution < 1.29 is 19.2 Å². The van der Waals surface area contributed by atoms with E-state index in [0.29, 0.717) is 30.2 Å². The molecule has 0 aliphatic rings. The van der Waals surface area contributed by atoms with Crippen LogP contribution in [0.15, 0.2) is 47.8 Å². The monoisotopic (exact) mass is 468 g/mol. The van der Waals surface area contributed by atoms with Crippen LogP contribution >= 0.6 is 11.3 Å². The summed E-state index contributed by atoms with van der Waals surface area (Å²) in [6.45, 7) is 4.95. The van der Waals surface area contributed by atoms with Crippen LogP contribution in [-0.2, 0) is 6.61 Å². The SMILES string of the molecule is Cc1cc(C)cc(OCc2nc(C(=O)NCCCNC(=O)c3cccc([N+](=O)[O-])c3)cs2)c1.